The number of nitrogens with zero attached hydrogens (tertiary/aromatic N) is 1. The first-order valence-electron chi connectivity index (χ1n) is 6.42. The molecule has 20 heavy (non-hydrogen) atoms. The van der Waals surface area contributed by atoms with Gasteiger partial charge in [0.1, 0.15) is 11.5 Å². The molecular formula is C16H20N2O2. The van der Waals surface area contributed by atoms with Crippen molar-refractivity contribution in [2.75, 3.05) is 31.9 Å². The van der Waals surface area contributed by atoms with Gasteiger partial charge in [-0.05, 0) is 18.2 Å². The summed E-state index contributed by atoms with van der Waals surface area (Å²) in [5.41, 5.74) is 8.85. The maximum absolute atomic E-state index is 6.07. The van der Waals surface area contributed by atoms with Gasteiger partial charge in [-0.1, -0.05) is 18.2 Å². The number of nitrogens with two attached hydrogens (primary N) is 1. The van der Waals surface area contributed by atoms with Crippen LogP contribution in [-0.4, -0.2) is 21.3 Å². The summed E-state index contributed by atoms with van der Waals surface area (Å²) in [6.07, 6.45) is 0. The van der Waals surface area contributed by atoms with Crippen LogP contribution in [0.3, 0.4) is 0 Å². The summed E-state index contributed by atoms with van der Waals surface area (Å²) in [6.45, 7) is 0.723. The van der Waals surface area contributed by atoms with Gasteiger partial charge in [-0.2, -0.15) is 0 Å². The van der Waals surface area contributed by atoms with Gasteiger partial charge in [0, 0.05) is 25.2 Å². The Morgan fingerprint density at radius 1 is 1.05 bits per heavy atom. The SMILES string of the molecule is COc1ccc(N(C)Cc2ccccc2OC)c(N)c1. The van der Waals surface area contributed by atoms with Crippen LogP contribution < -0.4 is 20.1 Å². The van der Waals surface area contributed by atoms with Crippen molar-refractivity contribution < 1.29 is 9.47 Å². The molecule has 2 aromatic carbocycles. The molecule has 0 atom stereocenters. The lowest BCUT2D eigenvalue weighted by molar-refractivity contribution is 0.409. The number of benzene rings is 2. The number of hydrogen-bond acceptors (Lipinski definition) is 4. The highest BCUT2D eigenvalue weighted by molar-refractivity contribution is 5.69. The van der Waals surface area contributed by atoms with Gasteiger partial charge >= 0.3 is 0 Å². The van der Waals surface area contributed by atoms with Crippen molar-refractivity contribution in [3.05, 3.63) is 48.0 Å². The third-order valence-corrected chi connectivity index (χ3v) is 3.25. The van der Waals surface area contributed by atoms with E-state index in [0.717, 1.165) is 29.3 Å². The fourth-order valence-corrected chi connectivity index (χ4v) is 2.18. The smallest absolute Gasteiger partial charge is 0.123 e. The first-order chi connectivity index (χ1) is 9.65. The van der Waals surface area contributed by atoms with Gasteiger partial charge in [-0.3, -0.25) is 0 Å². The summed E-state index contributed by atoms with van der Waals surface area (Å²) in [6, 6.07) is 13.7. The molecule has 0 radical (unpaired) electrons. The molecule has 0 amide bonds. The van der Waals surface area contributed by atoms with E-state index >= 15 is 0 Å². The molecule has 4 nitrogen and oxygen atoms in total. The molecule has 0 aromatic heterocycles. The average molecular weight is 272 g/mol. The van der Waals surface area contributed by atoms with Gasteiger partial charge in [-0.15, -0.1) is 0 Å². The van der Waals surface area contributed by atoms with Crippen molar-refractivity contribution in [3.63, 3.8) is 0 Å². The molecule has 2 rings (SSSR count). The molecule has 2 aromatic rings. The summed E-state index contributed by atoms with van der Waals surface area (Å²) < 4.78 is 10.5. The van der Waals surface area contributed by atoms with Crippen LogP contribution in [-0.2, 0) is 6.54 Å². The van der Waals surface area contributed by atoms with E-state index in [9.17, 15) is 0 Å². The van der Waals surface area contributed by atoms with E-state index in [2.05, 4.69) is 11.0 Å². The Hall–Kier alpha value is -2.36. The van der Waals surface area contributed by atoms with Crippen LogP contribution >= 0.6 is 0 Å². The molecule has 0 unspecified atom stereocenters. The summed E-state index contributed by atoms with van der Waals surface area (Å²) in [7, 11) is 5.32. The van der Waals surface area contributed by atoms with E-state index in [0.29, 0.717) is 5.69 Å². The molecule has 0 spiro atoms. The third-order valence-electron chi connectivity index (χ3n) is 3.25. The molecular weight excluding hydrogens is 252 g/mol. The van der Waals surface area contributed by atoms with E-state index in [4.69, 9.17) is 15.2 Å². The number of anilines is 2. The summed E-state index contributed by atoms with van der Waals surface area (Å²) in [5, 5.41) is 0. The molecule has 0 aliphatic heterocycles. The standard InChI is InChI=1S/C16H20N2O2/c1-18(11-12-6-4-5-7-16(12)20-3)15-9-8-13(19-2)10-14(15)17/h4-10H,11,17H2,1-3H3. The van der Waals surface area contributed by atoms with E-state index in [1.165, 1.54) is 0 Å². The van der Waals surface area contributed by atoms with Crippen molar-refractivity contribution in [1.29, 1.82) is 0 Å². The van der Waals surface area contributed by atoms with E-state index in [-0.39, 0.29) is 0 Å². The van der Waals surface area contributed by atoms with Gasteiger partial charge in [0.15, 0.2) is 0 Å². The van der Waals surface area contributed by atoms with Gasteiger partial charge < -0.3 is 20.1 Å². The number of para-hydroxylation sites is 1. The molecule has 0 aliphatic carbocycles. The zero-order chi connectivity index (χ0) is 14.5. The predicted molar refractivity (Wildman–Crippen MR) is 82.5 cm³/mol. The first kappa shape index (κ1) is 14.1. The van der Waals surface area contributed by atoms with Gasteiger partial charge in [0.05, 0.1) is 25.6 Å². The fourth-order valence-electron chi connectivity index (χ4n) is 2.18. The maximum atomic E-state index is 6.07. The first-order valence-corrected chi connectivity index (χ1v) is 6.42. The van der Waals surface area contributed by atoms with E-state index in [1.54, 1.807) is 14.2 Å². The molecule has 0 aliphatic rings. The Bertz CT molecular complexity index is 584. The van der Waals surface area contributed by atoms with Crippen LogP contribution in [0, 0.1) is 0 Å². The minimum absolute atomic E-state index is 0.696. The number of rotatable bonds is 5. The monoisotopic (exact) mass is 272 g/mol. The number of nitrogen functional groups attached to an aromatic ring is 1. The van der Waals surface area contributed by atoms with Gasteiger partial charge in [0.25, 0.3) is 0 Å². The van der Waals surface area contributed by atoms with Crippen molar-refractivity contribution >= 4 is 11.4 Å². The number of ether oxygens (including phenoxy) is 2. The summed E-state index contributed by atoms with van der Waals surface area (Å²) in [4.78, 5) is 2.09. The van der Waals surface area contributed by atoms with Crippen molar-refractivity contribution in [1.82, 2.24) is 0 Å². The second-order valence-corrected chi connectivity index (χ2v) is 4.59. The van der Waals surface area contributed by atoms with Gasteiger partial charge in [0.2, 0.25) is 0 Å². The topological polar surface area (TPSA) is 47.7 Å². The van der Waals surface area contributed by atoms with Crippen LogP contribution in [0.4, 0.5) is 11.4 Å². The molecule has 4 heteroatoms. The normalized spacial score (nSPS) is 10.2. The van der Waals surface area contributed by atoms with Gasteiger partial charge in [-0.25, -0.2) is 0 Å². The van der Waals surface area contributed by atoms with E-state index in [1.807, 2.05) is 43.4 Å². The zero-order valence-corrected chi connectivity index (χ0v) is 12.1. The number of methoxy groups -OCH3 is 2. The Labute approximate surface area is 119 Å². The van der Waals surface area contributed by atoms with Crippen LogP contribution in [0.5, 0.6) is 11.5 Å². The highest BCUT2D eigenvalue weighted by Crippen LogP contribution is 2.29. The highest BCUT2D eigenvalue weighted by atomic mass is 16.5. The molecule has 106 valence electrons. The molecule has 0 bridgehead atoms. The molecule has 0 heterocycles. The Morgan fingerprint density at radius 2 is 1.80 bits per heavy atom. The highest BCUT2D eigenvalue weighted by Gasteiger charge is 2.09. The molecule has 2 N–H and O–H groups in total. The lowest BCUT2D eigenvalue weighted by atomic mass is 10.1. The van der Waals surface area contributed by atoms with Crippen molar-refractivity contribution in [3.8, 4) is 11.5 Å². The average Bonchev–Trinajstić information content (AvgIpc) is 2.47. The zero-order valence-electron chi connectivity index (χ0n) is 12.1. The minimum Gasteiger partial charge on any atom is -0.497 e. The van der Waals surface area contributed by atoms with Crippen LogP contribution in [0.15, 0.2) is 42.5 Å². The Balaban J connectivity index is 2.21. The Morgan fingerprint density at radius 3 is 2.45 bits per heavy atom. The van der Waals surface area contributed by atoms with Crippen LogP contribution in [0.1, 0.15) is 5.56 Å². The third kappa shape index (κ3) is 2.96. The van der Waals surface area contributed by atoms with Crippen molar-refractivity contribution in [2.45, 2.75) is 6.54 Å². The lowest BCUT2D eigenvalue weighted by Crippen LogP contribution is -2.18. The van der Waals surface area contributed by atoms with Crippen molar-refractivity contribution in [2.24, 2.45) is 0 Å². The second-order valence-electron chi connectivity index (χ2n) is 4.59. The molecule has 0 saturated heterocycles. The van der Waals surface area contributed by atoms with E-state index < -0.39 is 0 Å². The maximum Gasteiger partial charge on any atom is 0.123 e. The predicted octanol–water partition coefficient (Wildman–Crippen LogP) is 2.92. The van der Waals surface area contributed by atoms with Crippen LogP contribution in [0.2, 0.25) is 0 Å². The summed E-state index contributed by atoms with van der Waals surface area (Å²) >= 11 is 0. The Kier molecular flexibility index (Phi) is 4.35. The largest absolute Gasteiger partial charge is 0.497 e. The summed E-state index contributed by atoms with van der Waals surface area (Å²) in [5.74, 6) is 1.64. The van der Waals surface area contributed by atoms with Crippen LogP contribution in [0.25, 0.3) is 0 Å². The lowest BCUT2D eigenvalue weighted by Gasteiger charge is -2.22. The quantitative estimate of drug-likeness (QED) is 0.850. The minimum atomic E-state index is 0.696. The molecule has 0 fully saturated rings. The fraction of sp³-hybridized carbons (Fsp3) is 0.250. The molecule has 0 saturated carbocycles. The number of hydrogen-bond donors (Lipinski definition) is 1. The second kappa shape index (κ2) is 6.19.